The molecule has 0 bridgehead atoms. The summed E-state index contributed by atoms with van der Waals surface area (Å²) < 4.78 is 38.3. The van der Waals surface area contributed by atoms with E-state index in [4.69, 9.17) is 5.73 Å². The molecule has 0 radical (unpaired) electrons. The molecule has 2 unspecified atom stereocenters. The highest BCUT2D eigenvalue weighted by Crippen LogP contribution is 2.43. The summed E-state index contributed by atoms with van der Waals surface area (Å²) in [5.41, 5.74) is 6.39. The van der Waals surface area contributed by atoms with Gasteiger partial charge in [0.1, 0.15) is 0 Å². The average molecular weight is 271 g/mol. The average Bonchev–Trinajstić information content (AvgIpc) is 2.31. The van der Waals surface area contributed by atoms with Gasteiger partial charge in [-0.3, -0.25) is 0 Å². The molecule has 0 saturated heterocycles. The van der Waals surface area contributed by atoms with Gasteiger partial charge in [0.05, 0.1) is 5.56 Å². The van der Waals surface area contributed by atoms with Crippen molar-refractivity contribution in [3.63, 3.8) is 0 Å². The zero-order chi connectivity index (χ0) is 14.3. The van der Waals surface area contributed by atoms with Gasteiger partial charge in [0, 0.05) is 6.04 Å². The number of alkyl halides is 3. The van der Waals surface area contributed by atoms with Crippen LogP contribution in [0, 0.1) is 5.41 Å². The number of hydrogen-bond acceptors (Lipinski definition) is 1. The van der Waals surface area contributed by atoms with E-state index < -0.39 is 11.7 Å². The Morgan fingerprint density at radius 1 is 1.26 bits per heavy atom. The molecule has 19 heavy (non-hydrogen) atoms. The van der Waals surface area contributed by atoms with E-state index >= 15 is 0 Å². The van der Waals surface area contributed by atoms with Gasteiger partial charge in [0.25, 0.3) is 0 Å². The minimum absolute atomic E-state index is 0.0195. The summed E-state index contributed by atoms with van der Waals surface area (Å²) in [5.74, 6) is 0.0195. The van der Waals surface area contributed by atoms with Gasteiger partial charge in [-0.05, 0) is 42.2 Å². The fraction of sp³-hybridized carbons (Fsp3) is 0.600. The molecule has 1 aromatic rings. The number of hydrogen-bond donors (Lipinski definition) is 1. The molecular formula is C15H20F3N. The Kier molecular flexibility index (Phi) is 3.65. The van der Waals surface area contributed by atoms with Crippen LogP contribution in [0.15, 0.2) is 24.3 Å². The van der Waals surface area contributed by atoms with E-state index in [1.807, 2.05) is 0 Å². The molecule has 1 aromatic carbocycles. The van der Waals surface area contributed by atoms with Crippen LogP contribution >= 0.6 is 0 Å². The van der Waals surface area contributed by atoms with Crippen LogP contribution in [-0.4, -0.2) is 6.04 Å². The van der Waals surface area contributed by atoms with Crippen LogP contribution in [0.2, 0.25) is 0 Å². The number of rotatable bonds is 1. The maximum atomic E-state index is 12.8. The van der Waals surface area contributed by atoms with Crippen LogP contribution in [0.3, 0.4) is 0 Å². The van der Waals surface area contributed by atoms with Crippen molar-refractivity contribution in [3.05, 3.63) is 35.4 Å². The lowest BCUT2D eigenvalue weighted by molar-refractivity contribution is -0.137. The molecule has 1 aliphatic carbocycles. The maximum absolute atomic E-state index is 12.8. The summed E-state index contributed by atoms with van der Waals surface area (Å²) in [6, 6.07) is 5.57. The lowest BCUT2D eigenvalue weighted by Crippen LogP contribution is -2.37. The zero-order valence-corrected chi connectivity index (χ0v) is 11.3. The molecule has 4 heteroatoms. The van der Waals surface area contributed by atoms with Crippen molar-refractivity contribution in [1.82, 2.24) is 0 Å². The van der Waals surface area contributed by atoms with Crippen molar-refractivity contribution in [2.24, 2.45) is 11.1 Å². The normalized spacial score (nSPS) is 27.3. The molecule has 0 heterocycles. The van der Waals surface area contributed by atoms with Crippen LogP contribution in [0.25, 0.3) is 0 Å². The van der Waals surface area contributed by atoms with Gasteiger partial charge in [-0.1, -0.05) is 32.0 Å². The first-order chi connectivity index (χ1) is 8.69. The summed E-state index contributed by atoms with van der Waals surface area (Å²) in [6.07, 6.45) is -1.54. The second-order valence-corrected chi connectivity index (χ2v) is 6.30. The van der Waals surface area contributed by atoms with Crippen LogP contribution in [0.4, 0.5) is 13.2 Å². The van der Waals surface area contributed by atoms with Crippen LogP contribution in [0.1, 0.15) is 50.2 Å². The first-order valence-electron chi connectivity index (χ1n) is 6.62. The third-order valence-electron chi connectivity index (χ3n) is 4.09. The summed E-state index contributed by atoms with van der Waals surface area (Å²) in [6.45, 7) is 4.30. The third kappa shape index (κ3) is 3.30. The largest absolute Gasteiger partial charge is 0.416 e. The van der Waals surface area contributed by atoms with E-state index in [0.717, 1.165) is 30.9 Å². The van der Waals surface area contributed by atoms with Crippen LogP contribution in [-0.2, 0) is 6.18 Å². The lowest BCUT2D eigenvalue weighted by atomic mass is 9.68. The highest BCUT2D eigenvalue weighted by Gasteiger charge is 2.36. The van der Waals surface area contributed by atoms with Crippen molar-refractivity contribution in [3.8, 4) is 0 Å². The van der Waals surface area contributed by atoms with Gasteiger partial charge in [0.15, 0.2) is 0 Å². The van der Waals surface area contributed by atoms with Gasteiger partial charge < -0.3 is 5.73 Å². The molecule has 1 nitrogen and oxygen atoms in total. The molecular weight excluding hydrogens is 251 g/mol. The Bertz CT molecular complexity index is 451. The molecule has 2 atom stereocenters. The summed E-state index contributed by atoms with van der Waals surface area (Å²) >= 11 is 0. The number of nitrogens with two attached hydrogens (primary N) is 1. The van der Waals surface area contributed by atoms with Gasteiger partial charge >= 0.3 is 6.18 Å². The third-order valence-corrected chi connectivity index (χ3v) is 4.09. The van der Waals surface area contributed by atoms with E-state index in [2.05, 4.69) is 13.8 Å². The van der Waals surface area contributed by atoms with Gasteiger partial charge in [0.2, 0.25) is 0 Å². The van der Waals surface area contributed by atoms with E-state index in [1.165, 1.54) is 12.1 Å². The predicted molar refractivity (Wildman–Crippen MR) is 69.8 cm³/mol. The fourth-order valence-electron chi connectivity index (χ4n) is 2.92. The van der Waals surface area contributed by atoms with Gasteiger partial charge in [-0.15, -0.1) is 0 Å². The second-order valence-electron chi connectivity index (χ2n) is 6.30. The molecule has 0 spiro atoms. The van der Waals surface area contributed by atoms with Crippen LogP contribution < -0.4 is 5.73 Å². The van der Waals surface area contributed by atoms with E-state index in [-0.39, 0.29) is 17.4 Å². The van der Waals surface area contributed by atoms with Crippen molar-refractivity contribution >= 4 is 0 Å². The quantitative estimate of drug-likeness (QED) is 0.808. The molecule has 1 aliphatic rings. The van der Waals surface area contributed by atoms with Crippen molar-refractivity contribution in [2.75, 3.05) is 0 Å². The predicted octanol–water partition coefficient (Wildman–Crippen LogP) is 4.33. The summed E-state index contributed by atoms with van der Waals surface area (Å²) in [5, 5.41) is 0. The first-order valence-corrected chi connectivity index (χ1v) is 6.62. The molecule has 106 valence electrons. The molecule has 1 fully saturated rings. The van der Waals surface area contributed by atoms with Gasteiger partial charge in [-0.2, -0.15) is 13.2 Å². The van der Waals surface area contributed by atoms with E-state index in [0.29, 0.717) is 0 Å². The maximum Gasteiger partial charge on any atom is 0.416 e. The monoisotopic (exact) mass is 271 g/mol. The molecule has 0 aromatic heterocycles. The van der Waals surface area contributed by atoms with Crippen molar-refractivity contribution in [2.45, 2.75) is 51.2 Å². The van der Waals surface area contributed by atoms with Crippen LogP contribution in [0.5, 0.6) is 0 Å². The smallest absolute Gasteiger partial charge is 0.327 e. The molecule has 1 saturated carbocycles. The highest BCUT2D eigenvalue weighted by molar-refractivity contribution is 5.30. The Morgan fingerprint density at radius 2 is 1.95 bits per heavy atom. The lowest BCUT2D eigenvalue weighted by Gasteiger charge is -2.39. The second kappa shape index (κ2) is 4.82. The van der Waals surface area contributed by atoms with Gasteiger partial charge in [-0.25, -0.2) is 0 Å². The Hall–Kier alpha value is -1.03. The molecule has 0 amide bonds. The molecule has 2 N–H and O–H groups in total. The Balaban J connectivity index is 2.30. The fourth-order valence-corrected chi connectivity index (χ4v) is 2.92. The minimum Gasteiger partial charge on any atom is -0.327 e. The Labute approximate surface area is 112 Å². The first kappa shape index (κ1) is 14.4. The summed E-state index contributed by atoms with van der Waals surface area (Å²) in [7, 11) is 0. The van der Waals surface area contributed by atoms with E-state index in [9.17, 15) is 13.2 Å². The SMILES string of the molecule is CC1(C)CCC(N)C(c2cccc(C(F)(F)F)c2)C1. The van der Waals surface area contributed by atoms with Crippen molar-refractivity contribution < 1.29 is 13.2 Å². The zero-order valence-electron chi connectivity index (χ0n) is 11.3. The minimum atomic E-state index is -4.29. The highest BCUT2D eigenvalue weighted by atomic mass is 19.4. The Morgan fingerprint density at radius 3 is 2.58 bits per heavy atom. The number of benzene rings is 1. The number of halogens is 3. The molecule has 2 rings (SSSR count). The van der Waals surface area contributed by atoms with Crippen molar-refractivity contribution in [1.29, 1.82) is 0 Å². The topological polar surface area (TPSA) is 26.0 Å². The van der Waals surface area contributed by atoms with E-state index in [1.54, 1.807) is 6.07 Å². The standard InChI is InChI=1S/C15H20F3N/c1-14(2)7-6-13(19)12(9-14)10-4-3-5-11(8-10)15(16,17)18/h3-5,8,12-13H,6-7,9,19H2,1-2H3. The molecule has 0 aliphatic heterocycles. The summed E-state index contributed by atoms with van der Waals surface area (Å²) in [4.78, 5) is 0.